The van der Waals surface area contributed by atoms with E-state index in [0.29, 0.717) is 47.7 Å². The minimum Gasteiger partial charge on any atom is -0.497 e. The van der Waals surface area contributed by atoms with Gasteiger partial charge in [-0.15, -0.1) is 0 Å². The maximum absolute atomic E-state index is 15.0. The summed E-state index contributed by atoms with van der Waals surface area (Å²) in [4.78, 5) is 15.0. The molecule has 4 aromatic carbocycles. The predicted octanol–water partition coefficient (Wildman–Crippen LogP) is 8.89. The molecular formula is C39H46O5. The summed E-state index contributed by atoms with van der Waals surface area (Å²) in [6, 6.07) is 28.7. The number of carbonyl (C=O) groups excluding carboxylic acids is 1. The molecule has 4 rings (SSSR count). The van der Waals surface area contributed by atoms with Gasteiger partial charge < -0.3 is 18.9 Å². The van der Waals surface area contributed by atoms with Gasteiger partial charge in [0.15, 0.2) is 0 Å². The molecule has 44 heavy (non-hydrogen) atoms. The molecule has 0 aliphatic heterocycles. The van der Waals surface area contributed by atoms with Crippen molar-refractivity contribution in [2.75, 3.05) is 28.4 Å². The molecule has 4 aromatic rings. The summed E-state index contributed by atoms with van der Waals surface area (Å²) in [5, 5.41) is 0. The summed E-state index contributed by atoms with van der Waals surface area (Å²) in [6.45, 7) is 8.74. The molecule has 0 spiro atoms. The third-order valence-corrected chi connectivity index (χ3v) is 8.41. The van der Waals surface area contributed by atoms with E-state index >= 15 is 4.79 Å². The highest BCUT2D eigenvalue weighted by molar-refractivity contribution is 5.92. The van der Waals surface area contributed by atoms with Crippen LogP contribution in [-0.2, 0) is 17.6 Å². The normalized spacial score (nSPS) is 12.6. The third kappa shape index (κ3) is 8.02. The van der Waals surface area contributed by atoms with Gasteiger partial charge in [-0.2, -0.15) is 0 Å². The minimum atomic E-state index is -0.457. The van der Waals surface area contributed by atoms with E-state index in [9.17, 15) is 0 Å². The number of benzene rings is 4. The average molecular weight is 595 g/mol. The Labute approximate surface area is 263 Å². The average Bonchev–Trinajstić information content (AvgIpc) is 3.05. The Morgan fingerprint density at radius 1 is 0.477 bits per heavy atom. The number of methoxy groups -OCH3 is 4. The molecule has 0 aliphatic rings. The Morgan fingerprint density at radius 3 is 1.02 bits per heavy atom. The molecule has 0 heterocycles. The maximum atomic E-state index is 15.0. The Hall–Kier alpha value is -4.25. The van der Waals surface area contributed by atoms with Crippen LogP contribution >= 0.6 is 0 Å². The fraction of sp³-hybridized carbons (Fsp3) is 0.359. The van der Waals surface area contributed by atoms with E-state index in [1.165, 1.54) is 11.1 Å². The van der Waals surface area contributed by atoms with Gasteiger partial charge in [-0.05, 0) is 82.3 Å². The number of ether oxygens (including phenoxy) is 4. The molecule has 0 aliphatic carbocycles. The van der Waals surface area contributed by atoms with Gasteiger partial charge in [0.25, 0.3) is 0 Å². The maximum Gasteiger partial charge on any atom is 0.148 e. The third-order valence-electron chi connectivity index (χ3n) is 8.41. The van der Waals surface area contributed by atoms with Crippen molar-refractivity contribution >= 4 is 5.78 Å². The summed E-state index contributed by atoms with van der Waals surface area (Å²) in [7, 11) is 6.52. The smallest absolute Gasteiger partial charge is 0.148 e. The van der Waals surface area contributed by atoms with Crippen LogP contribution < -0.4 is 18.9 Å². The van der Waals surface area contributed by atoms with Crippen LogP contribution in [0.2, 0.25) is 0 Å². The van der Waals surface area contributed by atoms with E-state index in [-0.39, 0.29) is 5.78 Å². The number of rotatable bonds is 14. The Morgan fingerprint density at radius 2 is 0.773 bits per heavy atom. The zero-order chi connectivity index (χ0) is 31.8. The summed E-state index contributed by atoms with van der Waals surface area (Å²) < 4.78 is 22.5. The van der Waals surface area contributed by atoms with Gasteiger partial charge >= 0.3 is 0 Å². The molecule has 0 amide bonds. The molecule has 2 atom stereocenters. The van der Waals surface area contributed by atoms with Crippen molar-refractivity contribution in [3.8, 4) is 23.0 Å². The van der Waals surface area contributed by atoms with Crippen molar-refractivity contribution in [3.63, 3.8) is 0 Å². The molecule has 2 unspecified atom stereocenters. The monoisotopic (exact) mass is 594 g/mol. The quantitative estimate of drug-likeness (QED) is 0.146. The summed E-state index contributed by atoms with van der Waals surface area (Å²) in [5.41, 5.74) is 6.44. The second kappa shape index (κ2) is 15.0. The Bertz CT molecular complexity index is 1360. The lowest BCUT2D eigenvalue weighted by atomic mass is 9.77. The zero-order valence-corrected chi connectivity index (χ0v) is 27.3. The van der Waals surface area contributed by atoms with Gasteiger partial charge in [0.2, 0.25) is 0 Å². The highest BCUT2D eigenvalue weighted by atomic mass is 16.5. The van der Waals surface area contributed by atoms with Crippen LogP contribution in [0, 0.1) is 0 Å². The first-order valence-electron chi connectivity index (χ1n) is 15.3. The second-order valence-electron chi connectivity index (χ2n) is 12.0. The van der Waals surface area contributed by atoms with E-state index in [0.717, 1.165) is 22.3 Å². The summed E-state index contributed by atoms with van der Waals surface area (Å²) in [6.07, 6.45) is 1.08. The fourth-order valence-electron chi connectivity index (χ4n) is 5.62. The van der Waals surface area contributed by atoms with E-state index in [4.69, 9.17) is 18.9 Å². The van der Waals surface area contributed by atoms with Gasteiger partial charge in [0.1, 0.15) is 28.8 Å². The topological polar surface area (TPSA) is 54.0 Å². The van der Waals surface area contributed by atoms with Crippen LogP contribution in [0.25, 0.3) is 0 Å². The largest absolute Gasteiger partial charge is 0.497 e. The second-order valence-corrected chi connectivity index (χ2v) is 12.0. The number of hydrogen-bond acceptors (Lipinski definition) is 5. The summed E-state index contributed by atoms with van der Waals surface area (Å²) in [5.74, 6) is 2.65. The van der Waals surface area contributed by atoms with Crippen molar-refractivity contribution in [1.29, 1.82) is 0 Å². The standard InChI is InChI=1S/C39H46O5/c1-25(2)29-13-9-27(10-14-29)17-37(31-19-33(41-5)23-34(20-31)42-6)39(40)38(18-28-11-15-30(16-12-28)26(3)4)32-21-35(43-7)24-36(22-32)44-8/h9-16,19-26,37-38H,17-18H2,1-8H3. The molecule has 5 nitrogen and oxygen atoms in total. The van der Waals surface area contributed by atoms with Crippen LogP contribution in [0.4, 0.5) is 0 Å². The van der Waals surface area contributed by atoms with Crippen molar-refractivity contribution in [2.45, 2.75) is 64.2 Å². The SMILES string of the molecule is COc1cc(OC)cc(C(Cc2ccc(C(C)C)cc2)C(=O)C(Cc2ccc(C(C)C)cc2)c2cc(OC)cc(OC)c2)c1. The van der Waals surface area contributed by atoms with E-state index in [1.54, 1.807) is 28.4 Å². The van der Waals surface area contributed by atoms with Crippen LogP contribution in [0.3, 0.4) is 0 Å². The van der Waals surface area contributed by atoms with Crippen LogP contribution in [0.1, 0.15) is 84.7 Å². The number of Topliss-reactive ketones (excluding diaryl/α,β-unsaturated/α-hetero) is 1. The lowest BCUT2D eigenvalue weighted by molar-refractivity contribution is -0.122. The van der Waals surface area contributed by atoms with Crippen LogP contribution in [-0.4, -0.2) is 34.2 Å². The Balaban J connectivity index is 1.85. The van der Waals surface area contributed by atoms with Gasteiger partial charge in [0, 0.05) is 24.0 Å². The highest BCUT2D eigenvalue weighted by Gasteiger charge is 2.31. The van der Waals surface area contributed by atoms with Crippen LogP contribution in [0.5, 0.6) is 23.0 Å². The predicted molar refractivity (Wildman–Crippen MR) is 178 cm³/mol. The molecule has 0 fully saturated rings. The molecule has 0 bridgehead atoms. The summed E-state index contributed by atoms with van der Waals surface area (Å²) >= 11 is 0. The fourth-order valence-corrected chi connectivity index (χ4v) is 5.62. The lowest BCUT2D eigenvalue weighted by Crippen LogP contribution is -2.24. The first-order valence-corrected chi connectivity index (χ1v) is 15.3. The number of hydrogen-bond donors (Lipinski definition) is 0. The first kappa shape index (κ1) is 32.7. The van der Waals surface area contributed by atoms with Crippen molar-refractivity contribution in [1.82, 2.24) is 0 Å². The highest BCUT2D eigenvalue weighted by Crippen LogP contribution is 2.38. The molecule has 5 heteroatoms. The molecular weight excluding hydrogens is 548 g/mol. The van der Waals surface area contributed by atoms with Gasteiger partial charge in [0.05, 0.1) is 28.4 Å². The first-order chi connectivity index (χ1) is 21.1. The molecule has 0 N–H and O–H groups in total. The van der Waals surface area contributed by atoms with Crippen LogP contribution in [0.15, 0.2) is 84.9 Å². The van der Waals surface area contributed by atoms with Gasteiger partial charge in [-0.25, -0.2) is 0 Å². The lowest BCUT2D eigenvalue weighted by Gasteiger charge is -2.25. The van der Waals surface area contributed by atoms with Crippen molar-refractivity contribution < 1.29 is 23.7 Å². The zero-order valence-electron chi connectivity index (χ0n) is 27.3. The molecule has 0 saturated heterocycles. The van der Waals surface area contributed by atoms with E-state index in [2.05, 4.69) is 76.2 Å². The number of carbonyl (C=O) groups is 1. The van der Waals surface area contributed by atoms with Crippen molar-refractivity contribution in [2.24, 2.45) is 0 Å². The van der Waals surface area contributed by atoms with Gasteiger partial charge in [-0.1, -0.05) is 76.2 Å². The number of ketones is 1. The van der Waals surface area contributed by atoms with Gasteiger partial charge in [-0.3, -0.25) is 4.79 Å². The molecule has 0 radical (unpaired) electrons. The molecule has 232 valence electrons. The Kier molecular flexibility index (Phi) is 11.1. The molecule has 0 saturated carbocycles. The molecule has 0 aromatic heterocycles. The van der Waals surface area contributed by atoms with E-state index < -0.39 is 11.8 Å². The minimum absolute atomic E-state index is 0.108. The van der Waals surface area contributed by atoms with Crippen molar-refractivity contribution in [3.05, 3.63) is 118 Å². The van der Waals surface area contributed by atoms with E-state index in [1.807, 2.05) is 36.4 Å².